The second kappa shape index (κ2) is 7.91. The van der Waals surface area contributed by atoms with Gasteiger partial charge in [0, 0.05) is 29.3 Å². The monoisotopic (exact) mass is 326 g/mol. The van der Waals surface area contributed by atoms with Crippen molar-refractivity contribution < 1.29 is 0 Å². The summed E-state index contributed by atoms with van der Waals surface area (Å²) in [5.41, 5.74) is 8.77. The molecule has 0 spiro atoms. The molecule has 1 rings (SSSR count). The zero-order chi connectivity index (χ0) is 14.4. The van der Waals surface area contributed by atoms with Crippen LogP contribution in [-0.2, 0) is 6.42 Å². The maximum atomic E-state index is 6.12. The zero-order valence-electron chi connectivity index (χ0n) is 12.6. The molecule has 0 aliphatic carbocycles. The number of anilines is 1. The fourth-order valence-corrected chi connectivity index (χ4v) is 2.66. The summed E-state index contributed by atoms with van der Waals surface area (Å²) in [6.45, 7) is 6.67. The average molecular weight is 327 g/mol. The van der Waals surface area contributed by atoms with E-state index in [1.54, 1.807) is 0 Å². The first-order valence-corrected chi connectivity index (χ1v) is 8.05. The highest BCUT2D eigenvalue weighted by Crippen LogP contribution is 2.27. The van der Waals surface area contributed by atoms with Gasteiger partial charge in [0.1, 0.15) is 0 Å². The van der Waals surface area contributed by atoms with Gasteiger partial charge >= 0.3 is 0 Å². The Morgan fingerprint density at radius 1 is 1.32 bits per heavy atom. The quantitative estimate of drug-likeness (QED) is 0.806. The Labute approximate surface area is 126 Å². The molecule has 3 heteroatoms. The van der Waals surface area contributed by atoms with Crippen LogP contribution in [-0.4, -0.2) is 19.1 Å². The molecule has 0 radical (unpaired) electrons. The van der Waals surface area contributed by atoms with Crippen molar-refractivity contribution in [1.82, 2.24) is 0 Å². The molecular weight excluding hydrogens is 300 g/mol. The van der Waals surface area contributed by atoms with Crippen LogP contribution in [0.1, 0.15) is 45.6 Å². The summed E-state index contributed by atoms with van der Waals surface area (Å²) in [5.74, 6) is 0. The Kier molecular flexibility index (Phi) is 6.87. The average Bonchev–Trinajstić information content (AvgIpc) is 2.40. The van der Waals surface area contributed by atoms with E-state index in [4.69, 9.17) is 5.73 Å². The molecule has 2 atom stereocenters. The first kappa shape index (κ1) is 16.5. The lowest BCUT2D eigenvalue weighted by Gasteiger charge is -2.29. The molecule has 0 aromatic heterocycles. The highest BCUT2D eigenvalue weighted by molar-refractivity contribution is 9.10. The summed E-state index contributed by atoms with van der Waals surface area (Å²) >= 11 is 3.58. The number of hydrogen-bond acceptors (Lipinski definition) is 2. The van der Waals surface area contributed by atoms with E-state index in [9.17, 15) is 0 Å². The third-order valence-electron chi connectivity index (χ3n) is 3.80. The minimum atomic E-state index is 0.245. The molecule has 1 aromatic carbocycles. The lowest BCUT2D eigenvalue weighted by Crippen LogP contribution is -2.30. The molecule has 2 unspecified atom stereocenters. The molecule has 0 saturated carbocycles. The first-order valence-electron chi connectivity index (χ1n) is 7.26. The summed E-state index contributed by atoms with van der Waals surface area (Å²) in [5, 5.41) is 0. The van der Waals surface area contributed by atoms with Crippen molar-refractivity contribution >= 4 is 21.6 Å². The van der Waals surface area contributed by atoms with Crippen LogP contribution in [0.15, 0.2) is 22.7 Å². The van der Waals surface area contributed by atoms with Gasteiger partial charge in [-0.3, -0.25) is 0 Å². The Morgan fingerprint density at radius 2 is 2.00 bits per heavy atom. The van der Waals surface area contributed by atoms with Gasteiger partial charge in [0.05, 0.1) is 0 Å². The van der Waals surface area contributed by atoms with Crippen molar-refractivity contribution in [2.75, 3.05) is 11.9 Å². The van der Waals surface area contributed by atoms with Crippen LogP contribution in [0.4, 0.5) is 5.69 Å². The number of nitrogens with zero attached hydrogens (tertiary/aromatic N) is 1. The number of rotatable bonds is 7. The minimum absolute atomic E-state index is 0.245. The van der Waals surface area contributed by atoms with Gasteiger partial charge in [-0.15, -0.1) is 0 Å². The summed E-state index contributed by atoms with van der Waals surface area (Å²) in [4.78, 5) is 2.38. The van der Waals surface area contributed by atoms with Gasteiger partial charge in [-0.2, -0.15) is 0 Å². The molecule has 2 nitrogen and oxygen atoms in total. The Bertz CT molecular complexity index is 392. The van der Waals surface area contributed by atoms with E-state index in [2.05, 4.69) is 66.8 Å². The number of nitrogens with two attached hydrogens (primary N) is 1. The minimum Gasteiger partial charge on any atom is -0.372 e. The van der Waals surface area contributed by atoms with E-state index in [1.165, 1.54) is 24.1 Å². The van der Waals surface area contributed by atoms with Gasteiger partial charge < -0.3 is 10.6 Å². The van der Waals surface area contributed by atoms with E-state index < -0.39 is 0 Å². The molecular formula is C16H27BrN2. The van der Waals surface area contributed by atoms with Crippen molar-refractivity contribution in [2.24, 2.45) is 5.73 Å². The van der Waals surface area contributed by atoms with Crippen LogP contribution in [0.2, 0.25) is 0 Å². The van der Waals surface area contributed by atoms with Gasteiger partial charge in [-0.25, -0.2) is 0 Å². The van der Waals surface area contributed by atoms with E-state index in [1.807, 2.05) is 0 Å². The van der Waals surface area contributed by atoms with Crippen molar-refractivity contribution in [3.05, 3.63) is 28.2 Å². The molecule has 0 fully saturated rings. The lowest BCUT2D eigenvalue weighted by atomic mass is 10.0. The summed E-state index contributed by atoms with van der Waals surface area (Å²) in [6, 6.07) is 7.32. The van der Waals surface area contributed by atoms with E-state index >= 15 is 0 Å². The second-order valence-electron chi connectivity index (χ2n) is 5.39. The van der Waals surface area contributed by atoms with Crippen LogP contribution in [0.3, 0.4) is 0 Å². The van der Waals surface area contributed by atoms with Gasteiger partial charge in [-0.05, 0) is 43.9 Å². The normalized spacial score (nSPS) is 14.2. The van der Waals surface area contributed by atoms with Gasteiger partial charge in [0.2, 0.25) is 0 Å². The molecule has 0 saturated heterocycles. The summed E-state index contributed by atoms with van der Waals surface area (Å²) < 4.78 is 1.13. The summed E-state index contributed by atoms with van der Waals surface area (Å²) in [6.07, 6.45) is 4.39. The number of hydrogen-bond donors (Lipinski definition) is 1. The number of benzene rings is 1. The molecule has 2 N–H and O–H groups in total. The Hall–Kier alpha value is -0.540. The van der Waals surface area contributed by atoms with Gasteiger partial charge in [-0.1, -0.05) is 42.3 Å². The third kappa shape index (κ3) is 4.81. The molecule has 0 aliphatic heterocycles. The first-order chi connectivity index (χ1) is 8.99. The van der Waals surface area contributed by atoms with Crippen LogP contribution < -0.4 is 10.6 Å². The molecule has 0 bridgehead atoms. The smallest absolute Gasteiger partial charge is 0.0410 e. The molecule has 108 valence electrons. The largest absolute Gasteiger partial charge is 0.372 e. The Balaban J connectivity index is 2.99. The SMILES string of the molecule is CCCC(C)N(C)c1cc(Br)ccc1CC(N)CC. The summed E-state index contributed by atoms with van der Waals surface area (Å²) in [7, 11) is 2.18. The van der Waals surface area contributed by atoms with Crippen LogP contribution in [0.25, 0.3) is 0 Å². The second-order valence-corrected chi connectivity index (χ2v) is 6.31. The fraction of sp³-hybridized carbons (Fsp3) is 0.625. The third-order valence-corrected chi connectivity index (χ3v) is 4.29. The fourth-order valence-electron chi connectivity index (χ4n) is 2.31. The van der Waals surface area contributed by atoms with Crippen LogP contribution >= 0.6 is 15.9 Å². The Morgan fingerprint density at radius 3 is 2.58 bits per heavy atom. The molecule has 0 heterocycles. The van der Waals surface area contributed by atoms with Crippen molar-refractivity contribution in [1.29, 1.82) is 0 Å². The molecule has 1 aromatic rings. The van der Waals surface area contributed by atoms with Crippen LogP contribution in [0.5, 0.6) is 0 Å². The topological polar surface area (TPSA) is 29.3 Å². The molecule has 0 aliphatic rings. The number of halogens is 1. The standard InChI is InChI=1S/C16H27BrN2/c1-5-7-12(3)19(4)16-11-14(17)9-8-13(16)10-15(18)6-2/h8-9,11-12,15H,5-7,10,18H2,1-4H3. The van der Waals surface area contributed by atoms with Crippen molar-refractivity contribution in [3.63, 3.8) is 0 Å². The molecule has 19 heavy (non-hydrogen) atoms. The van der Waals surface area contributed by atoms with Gasteiger partial charge in [0.25, 0.3) is 0 Å². The van der Waals surface area contributed by atoms with E-state index in [0.29, 0.717) is 6.04 Å². The molecule has 0 amide bonds. The van der Waals surface area contributed by atoms with Gasteiger partial charge in [0.15, 0.2) is 0 Å². The van der Waals surface area contributed by atoms with Crippen molar-refractivity contribution in [2.45, 2.75) is 58.5 Å². The van der Waals surface area contributed by atoms with E-state index in [0.717, 1.165) is 17.3 Å². The lowest BCUT2D eigenvalue weighted by molar-refractivity contribution is 0.607. The van der Waals surface area contributed by atoms with E-state index in [-0.39, 0.29) is 6.04 Å². The zero-order valence-corrected chi connectivity index (χ0v) is 14.2. The van der Waals surface area contributed by atoms with Crippen molar-refractivity contribution in [3.8, 4) is 0 Å². The van der Waals surface area contributed by atoms with Crippen LogP contribution in [0, 0.1) is 0 Å². The predicted octanol–water partition coefficient (Wildman–Crippen LogP) is 4.35. The predicted molar refractivity (Wildman–Crippen MR) is 88.9 cm³/mol. The maximum Gasteiger partial charge on any atom is 0.0410 e. The highest BCUT2D eigenvalue weighted by atomic mass is 79.9. The maximum absolute atomic E-state index is 6.12. The highest BCUT2D eigenvalue weighted by Gasteiger charge is 2.15.